The second-order valence-electron chi connectivity index (χ2n) is 12.6. The van der Waals surface area contributed by atoms with Gasteiger partial charge >= 0.3 is 22.8 Å². The molecule has 0 unspecified atom stereocenters. The predicted molar refractivity (Wildman–Crippen MR) is 194 cm³/mol. The Hall–Kier alpha value is -6.86. The van der Waals surface area contributed by atoms with Gasteiger partial charge in [0.25, 0.3) is 22.2 Å². The molecule has 0 saturated heterocycles. The van der Waals surface area contributed by atoms with Crippen molar-refractivity contribution in [2.75, 3.05) is 22.9 Å². The number of hydrogen-bond acceptors (Lipinski definition) is 12. The van der Waals surface area contributed by atoms with Crippen LogP contribution in [0.4, 0.5) is 23.3 Å². The minimum absolute atomic E-state index is 0.205. The van der Waals surface area contributed by atoms with E-state index in [1.165, 1.54) is 80.6 Å². The van der Waals surface area contributed by atoms with E-state index in [9.17, 15) is 38.4 Å². The van der Waals surface area contributed by atoms with Crippen molar-refractivity contribution >= 4 is 23.3 Å². The average Bonchev–Trinajstić information content (AvgIpc) is 3.13. The van der Waals surface area contributed by atoms with Crippen molar-refractivity contribution in [3.63, 3.8) is 0 Å². The monoisotopic (exact) mass is 718 g/mol. The second kappa shape index (κ2) is 12.5. The third kappa shape index (κ3) is 5.05. The Morgan fingerprint density at radius 2 is 0.519 bits per heavy atom. The van der Waals surface area contributed by atoms with E-state index in [-0.39, 0.29) is 56.7 Å². The zero-order valence-electron chi connectivity index (χ0n) is 29.6. The van der Waals surface area contributed by atoms with Gasteiger partial charge in [-0.3, -0.25) is 55.7 Å². The lowest BCUT2D eigenvalue weighted by Crippen LogP contribution is -2.44. The van der Waals surface area contributed by atoms with Gasteiger partial charge in [-0.1, -0.05) is 24.3 Å². The average molecular weight is 719 g/mol. The summed E-state index contributed by atoms with van der Waals surface area (Å²) in [7, 11) is 10.3. The Kier molecular flexibility index (Phi) is 8.74. The lowest BCUT2D eigenvalue weighted by atomic mass is 9.82. The molecule has 0 saturated carbocycles. The highest BCUT2D eigenvalue weighted by Gasteiger charge is 2.34. The minimum atomic E-state index is -1.37. The first-order valence-corrected chi connectivity index (χ1v) is 15.5. The van der Waals surface area contributed by atoms with Gasteiger partial charge in [0.1, 0.15) is 23.3 Å². The first kappa shape index (κ1) is 36.4. The normalized spacial score (nSPS) is 11.6. The van der Waals surface area contributed by atoms with Crippen LogP contribution in [0.5, 0.6) is 0 Å². The SMILES string of the molecule is Cn1c(N)c(C(c2ccc(C(c3c(N)n(C)c(=O)n(C)c3=O)c3c(N)n(C)c(=O)n(C)c3=O)cc2)c2c(N)n(C)c(=O)n(C)c2=O)c(=O)n(C)c1=O. The van der Waals surface area contributed by atoms with Crippen LogP contribution in [0.15, 0.2) is 62.6 Å². The quantitative estimate of drug-likeness (QED) is 0.131. The number of rotatable bonds is 6. The smallest absolute Gasteiger partial charge is 0.332 e. The Morgan fingerprint density at radius 1 is 0.346 bits per heavy atom. The molecule has 5 rings (SSSR count). The number of anilines is 4. The summed E-state index contributed by atoms with van der Waals surface area (Å²) in [5.74, 6) is -3.85. The van der Waals surface area contributed by atoms with Gasteiger partial charge in [0, 0.05) is 56.4 Å². The van der Waals surface area contributed by atoms with E-state index in [0.29, 0.717) is 0 Å². The Labute approximate surface area is 291 Å². The van der Waals surface area contributed by atoms with Gasteiger partial charge in [-0.2, -0.15) is 0 Å². The molecule has 20 nitrogen and oxygen atoms in total. The van der Waals surface area contributed by atoms with E-state index in [1.54, 1.807) is 0 Å². The van der Waals surface area contributed by atoms with Crippen LogP contribution < -0.4 is 67.9 Å². The maximum Gasteiger partial charge on any atom is 0.332 e. The summed E-state index contributed by atoms with van der Waals surface area (Å²) < 4.78 is 7.32. The van der Waals surface area contributed by atoms with E-state index >= 15 is 0 Å². The van der Waals surface area contributed by atoms with Crippen LogP contribution >= 0.6 is 0 Å². The molecule has 0 amide bonds. The summed E-state index contributed by atoms with van der Waals surface area (Å²) in [6, 6.07) is 5.86. The number of hydrogen-bond donors (Lipinski definition) is 4. The highest BCUT2D eigenvalue weighted by atomic mass is 16.2. The van der Waals surface area contributed by atoms with E-state index in [2.05, 4.69) is 0 Å². The summed E-state index contributed by atoms with van der Waals surface area (Å²) in [5.41, 5.74) is 18.8. The van der Waals surface area contributed by atoms with Crippen molar-refractivity contribution in [1.82, 2.24) is 36.5 Å². The molecule has 5 aromatic rings. The molecule has 0 fully saturated rings. The molecular formula is C32H38N12O8. The number of nitrogens with zero attached hydrogens (tertiary/aromatic N) is 8. The van der Waals surface area contributed by atoms with Gasteiger partial charge in [-0.05, 0) is 11.1 Å². The molecule has 0 aliphatic heterocycles. The molecule has 0 aliphatic rings. The van der Waals surface area contributed by atoms with Crippen molar-refractivity contribution in [2.45, 2.75) is 11.8 Å². The first-order chi connectivity index (χ1) is 24.2. The highest BCUT2D eigenvalue weighted by molar-refractivity contribution is 5.60. The third-order valence-corrected chi connectivity index (χ3v) is 9.74. The van der Waals surface area contributed by atoms with Gasteiger partial charge in [-0.15, -0.1) is 0 Å². The molecule has 0 bridgehead atoms. The zero-order valence-corrected chi connectivity index (χ0v) is 29.6. The van der Waals surface area contributed by atoms with Crippen molar-refractivity contribution in [2.24, 2.45) is 56.4 Å². The van der Waals surface area contributed by atoms with E-state index in [0.717, 1.165) is 36.5 Å². The highest BCUT2D eigenvalue weighted by Crippen LogP contribution is 2.37. The van der Waals surface area contributed by atoms with Crippen LogP contribution in [0, 0.1) is 0 Å². The van der Waals surface area contributed by atoms with Gasteiger partial charge in [0.2, 0.25) is 0 Å². The molecule has 0 radical (unpaired) electrons. The standard InChI is InChI=1S/C32H38N12O8/c1-37-21(33)17(25(45)41(5)29(37)49)15(18-22(34)38(2)30(50)42(6)26(18)46)13-9-11-14(12-10-13)16(19-23(35)39(3)31(51)43(7)27(19)47)20-24(36)40(4)32(52)44(8)28(20)48/h9-12,15-16H,33-36H2,1-8H3. The predicted octanol–water partition coefficient (Wildman–Crippen LogP) is -4.03. The Bertz CT molecular complexity index is 2480. The number of benzene rings is 1. The molecule has 0 spiro atoms. The number of nitrogen functional groups attached to an aromatic ring is 4. The van der Waals surface area contributed by atoms with Gasteiger partial charge in [0.05, 0.1) is 34.1 Å². The zero-order chi connectivity index (χ0) is 39.0. The fourth-order valence-corrected chi connectivity index (χ4v) is 6.46. The van der Waals surface area contributed by atoms with E-state index < -0.39 is 56.8 Å². The van der Waals surface area contributed by atoms with Crippen LogP contribution in [0.25, 0.3) is 0 Å². The van der Waals surface area contributed by atoms with Gasteiger partial charge < -0.3 is 22.9 Å². The largest absolute Gasteiger partial charge is 0.385 e. The molecule has 4 aromatic heterocycles. The van der Waals surface area contributed by atoms with Crippen molar-refractivity contribution in [1.29, 1.82) is 0 Å². The maximum atomic E-state index is 13.8. The van der Waals surface area contributed by atoms with Gasteiger partial charge in [0.15, 0.2) is 0 Å². The fraction of sp³-hybridized carbons (Fsp3) is 0.312. The molecule has 8 N–H and O–H groups in total. The van der Waals surface area contributed by atoms with Crippen molar-refractivity contribution < 1.29 is 0 Å². The van der Waals surface area contributed by atoms with Gasteiger partial charge in [-0.25, -0.2) is 19.2 Å². The second-order valence-corrected chi connectivity index (χ2v) is 12.6. The molecule has 0 atom stereocenters. The van der Waals surface area contributed by atoms with E-state index in [1.807, 2.05) is 0 Å². The fourth-order valence-electron chi connectivity index (χ4n) is 6.46. The molecule has 0 aliphatic carbocycles. The molecular weight excluding hydrogens is 680 g/mol. The third-order valence-electron chi connectivity index (χ3n) is 9.74. The molecule has 20 heteroatoms. The lowest BCUT2D eigenvalue weighted by Gasteiger charge is -2.25. The van der Waals surface area contributed by atoms with Crippen molar-refractivity contribution in [3.05, 3.63) is 141 Å². The van der Waals surface area contributed by atoms with Crippen molar-refractivity contribution in [3.8, 4) is 0 Å². The summed E-state index contributed by atoms with van der Waals surface area (Å²) in [6.45, 7) is 0. The Morgan fingerprint density at radius 3 is 0.692 bits per heavy atom. The summed E-state index contributed by atoms with van der Waals surface area (Å²) in [5, 5.41) is 0. The summed E-state index contributed by atoms with van der Waals surface area (Å²) >= 11 is 0. The molecule has 274 valence electrons. The van der Waals surface area contributed by atoms with Crippen LogP contribution in [0.3, 0.4) is 0 Å². The molecule has 52 heavy (non-hydrogen) atoms. The molecule has 1 aromatic carbocycles. The van der Waals surface area contributed by atoms with Crippen LogP contribution in [0.2, 0.25) is 0 Å². The number of nitrogens with two attached hydrogens (primary N) is 4. The summed E-state index contributed by atoms with van der Waals surface area (Å²) in [6.07, 6.45) is 0. The van der Waals surface area contributed by atoms with Crippen LogP contribution in [0.1, 0.15) is 45.2 Å². The molecule has 4 heterocycles. The lowest BCUT2D eigenvalue weighted by molar-refractivity contribution is 0.652. The van der Waals surface area contributed by atoms with Crippen LogP contribution in [-0.4, -0.2) is 36.5 Å². The first-order valence-electron chi connectivity index (χ1n) is 15.5. The van der Waals surface area contributed by atoms with E-state index in [4.69, 9.17) is 22.9 Å². The maximum absolute atomic E-state index is 13.8. The topological polar surface area (TPSA) is 280 Å². The number of aromatic nitrogens is 8. The summed E-state index contributed by atoms with van der Waals surface area (Å²) in [4.78, 5) is 106. The van der Waals surface area contributed by atoms with Crippen LogP contribution in [-0.2, 0) is 56.4 Å². The minimum Gasteiger partial charge on any atom is -0.385 e. The Balaban J connectivity index is 1.93.